The molecule has 0 aromatic carbocycles. The normalized spacial score (nSPS) is 10.4. The summed E-state index contributed by atoms with van der Waals surface area (Å²) in [5.74, 6) is 0.132. The molecule has 0 aliphatic carbocycles. The van der Waals surface area contributed by atoms with Gasteiger partial charge in [0.2, 0.25) is 17.7 Å². The first-order chi connectivity index (χ1) is 12.5. The lowest BCUT2D eigenvalue weighted by atomic mass is 10.1. The lowest BCUT2D eigenvalue weighted by Crippen LogP contribution is -2.28. The highest BCUT2D eigenvalue weighted by Crippen LogP contribution is 2.08. The van der Waals surface area contributed by atoms with Crippen LogP contribution in [0.25, 0.3) is 0 Å². The van der Waals surface area contributed by atoms with Gasteiger partial charge in [0.25, 0.3) is 0 Å². The van der Waals surface area contributed by atoms with Crippen molar-refractivity contribution in [3.05, 3.63) is 0 Å². The summed E-state index contributed by atoms with van der Waals surface area (Å²) in [6, 6.07) is 0. The van der Waals surface area contributed by atoms with E-state index in [1.165, 1.54) is 32.1 Å². The molecule has 6 nitrogen and oxygen atoms in total. The maximum atomic E-state index is 11.7. The average molecular weight is 370 g/mol. The summed E-state index contributed by atoms with van der Waals surface area (Å²) in [5.41, 5.74) is 0. The van der Waals surface area contributed by atoms with E-state index in [1.54, 1.807) is 19.0 Å². The summed E-state index contributed by atoms with van der Waals surface area (Å²) in [4.78, 5) is 36.3. The van der Waals surface area contributed by atoms with Gasteiger partial charge in [0.15, 0.2) is 0 Å². The first-order valence-electron chi connectivity index (χ1n) is 10.2. The van der Waals surface area contributed by atoms with Crippen molar-refractivity contribution in [2.24, 2.45) is 0 Å². The minimum absolute atomic E-state index is 0.0244. The van der Waals surface area contributed by atoms with Crippen LogP contribution < -0.4 is 10.6 Å². The van der Waals surface area contributed by atoms with Crippen LogP contribution in [0.15, 0.2) is 0 Å². The molecule has 0 aromatic rings. The molecule has 0 spiro atoms. The molecule has 2 N–H and O–H groups in total. The monoisotopic (exact) mass is 369 g/mol. The molecule has 0 saturated heterocycles. The number of hydrogen-bond donors (Lipinski definition) is 2. The minimum Gasteiger partial charge on any atom is -0.356 e. The van der Waals surface area contributed by atoms with Crippen molar-refractivity contribution in [1.29, 1.82) is 0 Å². The van der Waals surface area contributed by atoms with Crippen LogP contribution in [0.4, 0.5) is 0 Å². The number of nitrogens with one attached hydrogen (secondary N) is 2. The van der Waals surface area contributed by atoms with Crippen molar-refractivity contribution in [2.75, 3.05) is 27.2 Å². The van der Waals surface area contributed by atoms with Crippen LogP contribution in [-0.4, -0.2) is 49.8 Å². The van der Waals surface area contributed by atoms with E-state index in [-0.39, 0.29) is 17.7 Å². The second-order valence-electron chi connectivity index (χ2n) is 7.07. The van der Waals surface area contributed by atoms with E-state index in [1.807, 2.05) is 0 Å². The van der Waals surface area contributed by atoms with E-state index < -0.39 is 0 Å². The molecule has 0 unspecified atom stereocenters. The number of nitrogens with zero attached hydrogens (tertiary/aromatic N) is 1. The standard InChI is InChI=1S/C20H39N3O3/c1-4-5-6-7-8-9-10-13-18(24)21-16-11-14-19(25)22-17-12-15-20(26)23(2)3/h4-17H2,1-3H3,(H,21,24)(H,22,25). The van der Waals surface area contributed by atoms with E-state index in [0.29, 0.717) is 45.2 Å². The molecular weight excluding hydrogens is 330 g/mol. The minimum atomic E-state index is -0.0244. The molecule has 0 bridgehead atoms. The van der Waals surface area contributed by atoms with E-state index >= 15 is 0 Å². The fourth-order valence-corrected chi connectivity index (χ4v) is 2.59. The Labute approximate surface area is 159 Å². The molecule has 0 rings (SSSR count). The molecule has 0 aliphatic heterocycles. The summed E-state index contributed by atoms with van der Waals surface area (Å²) in [7, 11) is 3.45. The van der Waals surface area contributed by atoms with E-state index in [4.69, 9.17) is 0 Å². The Bertz CT molecular complexity index is 398. The predicted molar refractivity (Wildman–Crippen MR) is 106 cm³/mol. The first-order valence-corrected chi connectivity index (χ1v) is 10.2. The van der Waals surface area contributed by atoms with Crippen LogP contribution in [0.3, 0.4) is 0 Å². The van der Waals surface area contributed by atoms with Crippen molar-refractivity contribution in [1.82, 2.24) is 15.5 Å². The summed E-state index contributed by atoms with van der Waals surface area (Å²) in [6.45, 7) is 3.27. The number of unbranched alkanes of at least 4 members (excludes halogenated alkanes) is 6. The molecule has 0 atom stereocenters. The fourth-order valence-electron chi connectivity index (χ4n) is 2.59. The highest BCUT2D eigenvalue weighted by atomic mass is 16.2. The molecule has 0 saturated carbocycles. The van der Waals surface area contributed by atoms with Crippen molar-refractivity contribution in [3.8, 4) is 0 Å². The number of carbonyl (C=O) groups excluding carboxylic acids is 3. The maximum absolute atomic E-state index is 11.7. The average Bonchev–Trinajstić information content (AvgIpc) is 2.61. The van der Waals surface area contributed by atoms with E-state index in [9.17, 15) is 14.4 Å². The summed E-state index contributed by atoms with van der Waals surface area (Å²) < 4.78 is 0. The third kappa shape index (κ3) is 15.9. The Hall–Kier alpha value is -1.59. The van der Waals surface area contributed by atoms with Crippen molar-refractivity contribution in [2.45, 2.75) is 84.0 Å². The first kappa shape index (κ1) is 24.4. The Morgan fingerprint density at radius 1 is 0.654 bits per heavy atom. The van der Waals surface area contributed by atoms with Crippen LogP contribution in [0.2, 0.25) is 0 Å². The Morgan fingerprint density at radius 3 is 1.65 bits per heavy atom. The second-order valence-corrected chi connectivity index (χ2v) is 7.07. The van der Waals surface area contributed by atoms with Crippen molar-refractivity contribution >= 4 is 17.7 Å². The largest absolute Gasteiger partial charge is 0.356 e. The van der Waals surface area contributed by atoms with Gasteiger partial charge < -0.3 is 15.5 Å². The van der Waals surface area contributed by atoms with Gasteiger partial charge in [-0.1, -0.05) is 45.4 Å². The smallest absolute Gasteiger partial charge is 0.222 e. The van der Waals surface area contributed by atoms with Gasteiger partial charge >= 0.3 is 0 Å². The lowest BCUT2D eigenvalue weighted by molar-refractivity contribution is -0.129. The molecular formula is C20H39N3O3. The fraction of sp³-hybridized carbons (Fsp3) is 0.850. The number of amides is 3. The zero-order valence-corrected chi connectivity index (χ0v) is 17.1. The molecule has 0 aliphatic rings. The molecule has 0 radical (unpaired) electrons. The Morgan fingerprint density at radius 2 is 1.12 bits per heavy atom. The van der Waals surface area contributed by atoms with Gasteiger partial charge in [0.05, 0.1) is 0 Å². The molecule has 0 heterocycles. The molecule has 0 fully saturated rings. The zero-order chi connectivity index (χ0) is 19.6. The van der Waals surface area contributed by atoms with Gasteiger partial charge in [0.1, 0.15) is 0 Å². The number of rotatable bonds is 16. The van der Waals surface area contributed by atoms with Gasteiger partial charge in [0, 0.05) is 46.4 Å². The van der Waals surface area contributed by atoms with Crippen LogP contribution >= 0.6 is 0 Å². The molecule has 0 aromatic heterocycles. The molecule has 6 heteroatoms. The van der Waals surface area contributed by atoms with Gasteiger partial charge in [-0.25, -0.2) is 0 Å². The Kier molecular flexibility index (Phi) is 15.8. The molecule has 3 amide bonds. The molecule has 152 valence electrons. The number of carbonyl (C=O) groups is 3. The van der Waals surface area contributed by atoms with Gasteiger partial charge in [-0.3, -0.25) is 14.4 Å². The van der Waals surface area contributed by atoms with Gasteiger partial charge in [-0.15, -0.1) is 0 Å². The highest BCUT2D eigenvalue weighted by molar-refractivity contribution is 5.77. The maximum Gasteiger partial charge on any atom is 0.222 e. The third-order valence-electron chi connectivity index (χ3n) is 4.30. The predicted octanol–water partition coefficient (Wildman–Crippen LogP) is 3.01. The highest BCUT2D eigenvalue weighted by Gasteiger charge is 2.05. The zero-order valence-electron chi connectivity index (χ0n) is 17.1. The summed E-state index contributed by atoms with van der Waals surface area (Å²) in [5, 5.41) is 5.68. The SMILES string of the molecule is CCCCCCCCCC(=O)NCCCC(=O)NCCCC(=O)N(C)C. The van der Waals surface area contributed by atoms with Crippen molar-refractivity contribution in [3.63, 3.8) is 0 Å². The Balaban J connectivity index is 3.42. The topological polar surface area (TPSA) is 78.5 Å². The third-order valence-corrected chi connectivity index (χ3v) is 4.30. The van der Waals surface area contributed by atoms with Gasteiger partial charge in [-0.05, 0) is 19.3 Å². The van der Waals surface area contributed by atoms with E-state index in [2.05, 4.69) is 17.6 Å². The summed E-state index contributed by atoms with van der Waals surface area (Å²) in [6.07, 6.45) is 11.2. The van der Waals surface area contributed by atoms with Crippen LogP contribution in [-0.2, 0) is 14.4 Å². The second kappa shape index (κ2) is 16.9. The molecule has 26 heavy (non-hydrogen) atoms. The van der Waals surface area contributed by atoms with Crippen LogP contribution in [0.1, 0.15) is 84.0 Å². The van der Waals surface area contributed by atoms with Gasteiger partial charge in [-0.2, -0.15) is 0 Å². The summed E-state index contributed by atoms with van der Waals surface area (Å²) >= 11 is 0. The van der Waals surface area contributed by atoms with Crippen LogP contribution in [0.5, 0.6) is 0 Å². The van der Waals surface area contributed by atoms with E-state index in [0.717, 1.165) is 12.8 Å². The van der Waals surface area contributed by atoms with Crippen LogP contribution in [0, 0.1) is 0 Å². The van der Waals surface area contributed by atoms with Crippen molar-refractivity contribution < 1.29 is 14.4 Å². The quantitative estimate of drug-likeness (QED) is 0.411. The number of hydrogen-bond acceptors (Lipinski definition) is 3. The lowest BCUT2D eigenvalue weighted by Gasteiger charge is -2.10.